The SMILES string of the molecule is CC1(C(=O)c2ccccc2)COCC1N. The van der Waals surface area contributed by atoms with Crippen molar-refractivity contribution in [3.63, 3.8) is 0 Å². The van der Waals surface area contributed by atoms with Crippen LogP contribution in [0.25, 0.3) is 0 Å². The van der Waals surface area contributed by atoms with E-state index in [9.17, 15) is 4.79 Å². The maximum atomic E-state index is 12.2. The zero-order valence-electron chi connectivity index (χ0n) is 8.77. The van der Waals surface area contributed by atoms with Crippen molar-refractivity contribution in [2.75, 3.05) is 13.2 Å². The number of rotatable bonds is 2. The third kappa shape index (κ3) is 1.68. The summed E-state index contributed by atoms with van der Waals surface area (Å²) >= 11 is 0. The Morgan fingerprint density at radius 2 is 2.13 bits per heavy atom. The first kappa shape index (κ1) is 10.3. The molecular formula is C12H15NO2. The predicted molar refractivity (Wildman–Crippen MR) is 57.7 cm³/mol. The average molecular weight is 205 g/mol. The molecule has 0 aliphatic carbocycles. The van der Waals surface area contributed by atoms with Gasteiger partial charge in [0.1, 0.15) is 0 Å². The van der Waals surface area contributed by atoms with Gasteiger partial charge in [-0.3, -0.25) is 4.79 Å². The second-order valence-corrected chi connectivity index (χ2v) is 4.23. The lowest BCUT2D eigenvalue weighted by Gasteiger charge is -2.24. The van der Waals surface area contributed by atoms with Crippen molar-refractivity contribution in [2.24, 2.45) is 11.1 Å². The van der Waals surface area contributed by atoms with E-state index in [-0.39, 0.29) is 11.8 Å². The number of Topliss-reactive ketones (excluding diaryl/α,β-unsaturated/α-hetero) is 1. The van der Waals surface area contributed by atoms with E-state index in [1.807, 2.05) is 37.3 Å². The molecule has 1 aliphatic heterocycles. The Morgan fingerprint density at radius 3 is 2.67 bits per heavy atom. The molecule has 2 N–H and O–H groups in total. The monoisotopic (exact) mass is 205 g/mol. The highest BCUT2D eigenvalue weighted by molar-refractivity contribution is 6.01. The average Bonchev–Trinajstić information content (AvgIpc) is 2.61. The fraction of sp³-hybridized carbons (Fsp3) is 0.417. The number of ketones is 1. The first-order valence-corrected chi connectivity index (χ1v) is 5.08. The molecule has 2 atom stereocenters. The van der Waals surface area contributed by atoms with Crippen LogP contribution in [-0.2, 0) is 4.74 Å². The molecule has 1 aliphatic rings. The zero-order valence-corrected chi connectivity index (χ0v) is 8.77. The third-order valence-corrected chi connectivity index (χ3v) is 3.07. The summed E-state index contributed by atoms with van der Waals surface area (Å²) in [6.45, 7) is 2.76. The molecule has 0 amide bonds. The van der Waals surface area contributed by atoms with Crippen molar-refractivity contribution >= 4 is 5.78 Å². The zero-order chi connectivity index (χ0) is 10.9. The van der Waals surface area contributed by atoms with Gasteiger partial charge >= 0.3 is 0 Å². The summed E-state index contributed by atoms with van der Waals surface area (Å²) in [5, 5.41) is 0. The van der Waals surface area contributed by atoms with Gasteiger partial charge in [-0.15, -0.1) is 0 Å². The van der Waals surface area contributed by atoms with Crippen molar-refractivity contribution in [3.05, 3.63) is 35.9 Å². The molecule has 0 aromatic heterocycles. The lowest BCUT2D eigenvalue weighted by atomic mass is 9.78. The Bertz CT molecular complexity index is 363. The smallest absolute Gasteiger partial charge is 0.172 e. The van der Waals surface area contributed by atoms with Crippen LogP contribution in [0.1, 0.15) is 17.3 Å². The molecule has 0 spiro atoms. The Kier molecular flexibility index (Phi) is 2.59. The van der Waals surface area contributed by atoms with Gasteiger partial charge in [0, 0.05) is 11.6 Å². The fourth-order valence-corrected chi connectivity index (χ4v) is 1.84. The molecule has 1 heterocycles. The second-order valence-electron chi connectivity index (χ2n) is 4.23. The number of hydrogen-bond acceptors (Lipinski definition) is 3. The first-order valence-electron chi connectivity index (χ1n) is 5.08. The normalized spacial score (nSPS) is 30.4. The summed E-state index contributed by atoms with van der Waals surface area (Å²) < 4.78 is 5.27. The standard InChI is InChI=1S/C12H15NO2/c1-12(8-15-7-10(12)13)11(14)9-5-3-2-4-6-9/h2-6,10H,7-8,13H2,1H3. The van der Waals surface area contributed by atoms with Crippen LogP contribution in [0.5, 0.6) is 0 Å². The van der Waals surface area contributed by atoms with Crippen LogP contribution in [0.3, 0.4) is 0 Å². The van der Waals surface area contributed by atoms with E-state index in [1.165, 1.54) is 0 Å². The number of hydrogen-bond donors (Lipinski definition) is 1. The summed E-state index contributed by atoms with van der Waals surface area (Å²) in [4.78, 5) is 12.2. The van der Waals surface area contributed by atoms with Crippen LogP contribution in [0, 0.1) is 5.41 Å². The van der Waals surface area contributed by atoms with Gasteiger partial charge in [0.15, 0.2) is 5.78 Å². The fourth-order valence-electron chi connectivity index (χ4n) is 1.84. The van der Waals surface area contributed by atoms with Crippen molar-refractivity contribution in [3.8, 4) is 0 Å². The van der Waals surface area contributed by atoms with Gasteiger partial charge in [0.25, 0.3) is 0 Å². The molecule has 1 fully saturated rings. The van der Waals surface area contributed by atoms with Gasteiger partial charge in [-0.1, -0.05) is 30.3 Å². The highest BCUT2D eigenvalue weighted by atomic mass is 16.5. The summed E-state index contributed by atoms with van der Waals surface area (Å²) in [5.41, 5.74) is 6.05. The minimum absolute atomic E-state index is 0.0769. The lowest BCUT2D eigenvalue weighted by molar-refractivity contribution is 0.0768. The maximum absolute atomic E-state index is 12.2. The Balaban J connectivity index is 2.28. The van der Waals surface area contributed by atoms with Crippen LogP contribution in [0.2, 0.25) is 0 Å². The summed E-state index contributed by atoms with van der Waals surface area (Å²) in [6, 6.07) is 9.04. The predicted octanol–water partition coefficient (Wildman–Crippen LogP) is 1.23. The highest BCUT2D eigenvalue weighted by Crippen LogP contribution is 2.30. The van der Waals surface area contributed by atoms with E-state index in [0.29, 0.717) is 18.8 Å². The van der Waals surface area contributed by atoms with Gasteiger partial charge in [-0.25, -0.2) is 0 Å². The Labute approximate surface area is 89.2 Å². The molecule has 3 nitrogen and oxygen atoms in total. The van der Waals surface area contributed by atoms with Gasteiger partial charge in [0.05, 0.1) is 18.6 Å². The number of ether oxygens (including phenoxy) is 1. The summed E-state index contributed by atoms with van der Waals surface area (Å²) in [7, 11) is 0. The van der Waals surface area contributed by atoms with Crippen molar-refractivity contribution in [1.29, 1.82) is 0 Å². The van der Waals surface area contributed by atoms with Gasteiger partial charge in [-0.05, 0) is 6.92 Å². The topological polar surface area (TPSA) is 52.3 Å². The molecule has 1 saturated heterocycles. The molecule has 1 aromatic rings. The second kappa shape index (κ2) is 3.76. The minimum atomic E-state index is -0.568. The van der Waals surface area contributed by atoms with Crippen LogP contribution < -0.4 is 5.73 Å². The van der Waals surface area contributed by atoms with Gasteiger partial charge in [0.2, 0.25) is 0 Å². The molecule has 0 radical (unpaired) electrons. The van der Waals surface area contributed by atoms with Crippen molar-refractivity contribution in [2.45, 2.75) is 13.0 Å². The lowest BCUT2D eigenvalue weighted by Crippen LogP contribution is -2.44. The van der Waals surface area contributed by atoms with Crippen molar-refractivity contribution < 1.29 is 9.53 Å². The largest absolute Gasteiger partial charge is 0.379 e. The van der Waals surface area contributed by atoms with E-state index in [0.717, 1.165) is 0 Å². The van der Waals surface area contributed by atoms with Gasteiger partial charge in [-0.2, -0.15) is 0 Å². The first-order chi connectivity index (χ1) is 7.14. The molecular weight excluding hydrogens is 190 g/mol. The number of carbonyl (C=O) groups excluding carboxylic acids is 1. The minimum Gasteiger partial charge on any atom is -0.379 e. The quantitative estimate of drug-likeness (QED) is 0.739. The molecule has 15 heavy (non-hydrogen) atoms. The van der Waals surface area contributed by atoms with Crippen LogP contribution in [0.4, 0.5) is 0 Å². The molecule has 0 saturated carbocycles. The molecule has 3 heteroatoms. The Hall–Kier alpha value is -1.19. The number of carbonyl (C=O) groups is 1. The maximum Gasteiger partial charge on any atom is 0.172 e. The van der Waals surface area contributed by atoms with Crippen LogP contribution in [-0.4, -0.2) is 25.0 Å². The molecule has 0 bridgehead atoms. The van der Waals surface area contributed by atoms with E-state index in [1.54, 1.807) is 0 Å². The number of benzene rings is 1. The molecule has 2 unspecified atom stereocenters. The summed E-state index contributed by atoms with van der Waals surface area (Å²) in [6.07, 6.45) is 0. The molecule has 1 aromatic carbocycles. The molecule has 2 rings (SSSR count). The van der Waals surface area contributed by atoms with E-state index >= 15 is 0 Å². The third-order valence-electron chi connectivity index (χ3n) is 3.07. The highest BCUT2D eigenvalue weighted by Gasteiger charge is 2.44. The van der Waals surface area contributed by atoms with Crippen LogP contribution in [0.15, 0.2) is 30.3 Å². The van der Waals surface area contributed by atoms with E-state index in [4.69, 9.17) is 10.5 Å². The Morgan fingerprint density at radius 1 is 1.47 bits per heavy atom. The van der Waals surface area contributed by atoms with Crippen molar-refractivity contribution in [1.82, 2.24) is 0 Å². The number of nitrogens with two attached hydrogens (primary N) is 1. The van der Waals surface area contributed by atoms with E-state index in [2.05, 4.69) is 0 Å². The molecule has 80 valence electrons. The summed E-state index contributed by atoms with van der Waals surface area (Å²) in [5.74, 6) is 0.0769. The van der Waals surface area contributed by atoms with Crippen LogP contribution >= 0.6 is 0 Å². The van der Waals surface area contributed by atoms with E-state index < -0.39 is 5.41 Å². The van der Waals surface area contributed by atoms with Gasteiger partial charge < -0.3 is 10.5 Å².